The number of nitrogens with one attached hydrogen (secondary N) is 1. The van der Waals surface area contributed by atoms with Gasteiger partial charge in [0.25, 0.3) is 0 Å². The van der Waals surface area contributed by atoms with Crippen molar-refractivity contribution in [2.24, 2.45) is 0 Å². The van der Waals surface area contributed by atoms with E-state index in [0.717, 1.165) is 17.1 Å². The van der Waals surface area contributed by atoms with Gasteiger partial charge in [0, 0.05) is 31.6 Å². The molecule has 106 valence electrons. The Morgan fingerprint density at radius 1 is 1.37 bits per heavy atom. The zero-order valence-electron chi connectivity index (χ0n) is 10.7. The van der Waals surface area contributed by atoms with Crippen LogP contribution in [-0.4, -0.2) is 31.9 Å². The number of rotatable bonds is 8. The van der Waals surface area contributed by atoms with Crippen molar-refractivity contribution < 1.29 is 9.53 Å². The first-order valence-electron chi connectivity index (χ1n) is 5.91. The van der Waals surface area contributed by atoms with E-state index in [0.29, 0.717) is 29.6 Å². The number of halogens is 2. The first-order valence-corrected chi connectivity index (χ1v) is 7.82. The van der Waals surface area contributed by atoms with Crippen LogP contribution < -0.4 is 5.32 Å². The molecule has 19 heavy (non-hydrogen) atoms. The van der Waals surface area contributed by atoms with Gasteiger partial charge < -0.3 is 10.1 Å². The predicted molar refractivity (Wildman–Crippen MR) is 82.1 cm³/mol. The summed E-state index contributed by atoms with van der Waals surface area (Å²) in [4.78, 5) is 11.4. The van der Waals surface area contributed by atoms with Crippen LogP contribution in [0.1, 0.15) is 12.0 Å². The lowest BCUT2D eigenvalue weighted by Crippen LogP contribution is -2.27. The summed E-state index contributed by atoms with van der Waals surface area (Å²) in [6.45, 7) is 1.11. The molecular formula is C13H17Cl2NO2S. The van der Waals surface area contributed by atoms with E-state index in [1.807, 2.05) is 12.1 Å². The van der Waals surface area contributed by atoms with Crippen molar-refractivity contribution in [1.82, 2.24) is 5.32 Å². The molecule has 0 fully saturated rings. The first-order chi connectivity index (χ1) is 9.13. The van der Waals surface area contributed by atoms with Crippen molar-refractivity contribution in [3.63, 3.8) is 0 Å². The summed E-state index contributed by atoms with van der Waals surface area (Å²) < 4.78 is 4.85. The molecule has 0 unspecified atom stereocenters. The molecule has 0 aliphatic carbocycles. The maximum atomic E-state index is 11.4. The molecule has 1 rings (SSSR count). The van der Waals surface area contributed by atoms with Crippen LogP contribution in [0.4, 0.5) is 0 Å². The molecule has 0 spiro atoms. The van der Waals surface area contributed by atoms with Gasteiger partial charge in [-0.3, -0.25) is 4.79 Å². The zero-order valence-corrected chi connectivity index (χ0v) is 13.1. The molecule has 0 heterocycles. The van der Waals surface area contributed by atoms with E-state index in [4.69, 9.17) is 27.9 Å². The molecule has 1 amide bonds. The van der Waals surface area contributed by atoms with Crippen LogP contribution >= 0.6 is 35.0 Å². The predicted octanol–water partition coefficient (Wildman–Crippen LogP) is 3.38. The fraction of sp³-hybridized carbons (Fsp3) is 0.462. The van der Waals surface area contributed by atoms with E-state index in [1.165, 1.54) is 0 Å². The van der Waals surface area contributed by atoms with Gasteiger partial charge in [-0.15, -0.1) is 0 Å². The first kappa shape index (κ1) is 16.6. The third-order valence-corrected chi connectivity index (χ3v) is 4.12. The number of amides is 1. The number of benzene rings is 1. The standard InChI is InChI=1S/C13H17Cl2NO2S/c1-18-6-5-16-13(17)4-7-19-9-10-2-3-11(14)12(15)8-10/h2-3,8H,4-7,9H2,1H3,(H,16,17). The molecule has 1 aromatic rings. The van der Waals surface area contributed by atoms with Crippen LogP contribution in [0.5, 0.6) is 0 Å². The van der Waals surface area contributed by atoms with Gasteiger partial charge in [0.2, 0.25) is 5.91 Å². The Kier molecular flexibility index (Phi) is 8.30. The Labute approximate surface area is 128 Å². The third-order valence-electron chi connectivity index (χ3n) is 2.35. The van der Waals surface area contributed by atoms with Crippen molar-refractivity contribution >= 4 is 40.9 Å². The number of methoxy groups -OCH3 is 1. The highest BCUT2D eigenvalue weighted by molar-refractivity contribution is 7.98. The SMILES string of the molecule is COCCNC(=O)CCSCc1ccc(Cl)c(Cl)c1. The van der Waals surface area contributed by atoms with Crippen molar-refractivity contribution in [3.8, 4) is 0 Å². The van der Waals surface area contributed by atoms with Crippen molar-refractivity contribution in [2.45, 2.75) is 12.2 Å². The van der Waals surface area contributed by atoms with Crippen LogP contribution in [0, 0.1) is 0 Å². The van der Waals surface area contributed by atoms with Crippen LogP contribution in [0.2, 0.25) is 10.0 Å². The summed E-state index contributed by atoms with van der Waals surface area (Å²) in [5.41, 5.74) is 1.11. The number of hydrogen-bond donors (Lipinski definition) is 1. The molecule has 0 aliphatic rings. The lowest BCUT2D eigenvalue weighted by Gasteiger charge is -2.05. The van der Waals surface area contributed by atoms with Gasteiger partial charge in [-0.2, -0.15) is 11.8 Å². The highest BCUT2D eigenvalue weighted by atomic mass is 35.5. The van der Waals surface area contributed by atoms with Gasteiger partial charge in [-0.25, -0.2) is 0 Å². The molecule has 0 radical (unpaired) electrons. The fourth-order valence-corrected chi connectivity index (χ4v) is 2.58. The molecule has 0 atom stereocenters. The molecular weight excluding hydrogens is 305 g/mol. The Balaban J connectivity index is 2.16. The van der Waals surface area contributed by atoms with Crippen LogP contribution in [-0.2, 0) is 15.3 Å². The van der Waals surface area contributed by atoms with E-state index in [1.54, 1.807) is 24.9 Å². The minimum Gasteiger partial charge on any atom is -0.383 e. The topological polar surface area (TPSA) is 38.3 Å². The highest BCUT2D eigenvalue weighted by Gasteiger charge is 2.02. The quantitative estimate of drug-likeness (QED) is 0.746. The summed E-state index contributed by atoms with van der Waals surface area (Å²) in [6.07, 6.45) is 0.510. The van der Waals surface area contributed by atoms with Crippen molar-refractivity contribution in [2.75, 3.05) is 26.0 Å². The second-order valence-corrected chi connectivity index (χ2v) is 5.81. The van der Waals surface area contributed by atoms with Crippen LogP contribution in [0.25, 0.3) is 0 Å². The molecule has 6 heteroatoms. The molecule has 0 bridgehead atoms. The average molecular weight is 322 g/mol. The molecule has 0 saturated carbocycles. The van der Waals surface area contributed by atoms with E-state index < -0.39 is 0 Å². The monoisotopic (exact) mass is 321 g/mol. The van der Waals surface area contributed by atoms with Crippen molar-refractivity contribution in [1.29, 1.82) is 0 Å². The lowest BCUT2D eigenvalue weighted by atomic mass is 10.2. The van der Waals surface area contributed by atoms with Gasteiger partial charge in [0.15, 0.2) is 0 Å². The highest BCUT2D eigenvalue weighted by Crippen LogP contribution is 2.24. The molecule has 0 aliphatic heterocycles. The zero-order chi connectivity index (χ0) is 14.1. The minimum atomic E-state index is 0.0543. The minimum absolute atomic E-state index is 0.0543. The third kappa shape index (κ3) is 7.06. The molecule has 1 aromatic carbocycles. The summed E-state index contributed by atoms with van der Waals surface area (Å²) >= 11 is 13.5. The van der Waals surface area contributed by atoms with Gasteiger partial charge in [0.05, 0.1) is 16.7 Å². The number of carbonyl (C=O) groups excluding carboxylic acids is 1. The normalized spacial score (nSPS) is 10.5. The van der Waals surface area contributed by atoms with Gasteiger partial charge in [0.1, 0.15) is 0 Å². The number of ether oxygens (including phenoxy) is 1. The Bertz CT molecular complexity index is 416. The van der Waals surface area contributed by atoms with E-state index >= 15 is 0 Å². The van der Waals surface area contributed by atoms with Crippen molar-refractivity contribution in [3.05, 3.63) is 33.8 Å². The van der Waals surface area contributed by atoms with Gasteiger partial charge in [-0.05, 0) is 17.7 Å². The Morgan fingerprint density at radius 2 is 2.16 bits per heavy atom. The maximum absolute atomic E-state index is 11.4. The number of thioether (sulfide) groups is 1. The summed E-state index contributed by atoms with van der Waals surface area (Å²) in [6, 6.07) is 5.59. The summed E-state index contributed by atoms with van der Waals surface area (Å²) in [5.74, 6) is 1.65. The van der Waals surface area contributed by atoms with E-state index in [2.05, 4.69) is 5.32 Å². The second kappa shape index (κ2) is 9.48. The average Bonchev–Trinajstić information content (AvgIpc) is 2.39. The largest absolute Gasteiger partial charge is 0.383 e. The van der Waals surface area contributed by atoms with Gasteiger partial charge >= 0.3 is 0 Å². The van der Waals surface area contributed by atoms with Crippen LogP contribution in [0.3, 0.4) is 0 Å². The molecule has 0 saturated heterocycles. The van der Waals surface area contributed by atoms with E-state index in [-0.39, 0.29) is 5.91 Å². The van der Waals surface area contributed by atoms with Crippen LogP contribution in [0.15, 0.2) is 18.2 Å². The summed E-state index contributed by atoms with van der Waals surface area (Å²) in [5, 5.41) is 3.91. The number of hydrogen-bond acceptors (Lipinski definition) is 3. The fourth-order valence-electron chi connectivity index (χ4n) is 1.37. The molecule has 1 N–H and O–H groups in total. The maximum Gasteiger partial charge on any atom is 0.220 e. The Morgan fingerprint density at radius 3 is 2.84 bits per heavy atom. The van der Waals surface area contributed by atoms with E-state index in [9.17, 15) is 4.79 Å². The smallest absolute Gasteiger partial charge is 0.220 e. The summed E-state index contributed by atoms with van der Waals surface area (Å²) in [7, 11) is 1.61. The Hall–Kier alpha value is -0.420. The number of carbonyl (C=O) groups is 1. The second-order valence-electron chi connectivity index (χ2n) is 3.89. The lowest BCUT2D eigenvalue weighted by molar-refractivity contribution is -0.120. The molecule has 0 aromatic heterocycles. The molecule has 3 nitrogen and oxygen atoms in total. The van der Waals surface area contributed by atoms with Gasteiger partial charge in [-0.1, -0.05) is 29.3 Å².